The van der Waals surface area contributed by atoms with Crippen molar-refractivity contribution < 1.29 is 4.79 Å². The lowest BCUT2D eigenvalue weighted by atomic mass is 9.92. The molecule has 3 nitrogen and oxygen atoms in total. The summed E-state index contributed by atoms with van der Waals surface area (Å²) in [5.41, 5.74) is 5.35. The van der Waals surface area contributed by atoms with Crippen LogP contribution in [-0.2, 0) is 0 Å². The van der Waals surface area contributed by atoms with E-state index in [-0.39, 0.29) is 5.91 Å². The average molecular weight is 290 g/mol. The maximum absolute atomic E-state index is 12.4. The van der Waals surface area contributed by atoms with Crippen LogP contribution < -0.4 is 5.73 Å². The first-order valence-corrected chi connectivity index (χ1v) is 8.14. The Morgan fingerprint density at radius 3 is 2.85 bits per heavy atom. The number of likely N-dealkylation sites (tertiary alicyclic amines) is 1. The second-order valence-electron chi connectivity index (χ2n) is 5.19. The number of nitrogens with zero attached hydrogens (tertiary/aromatic N) is 1. The van der Waals surface area contributed by atoms with E-state index in [0.29, 0.717) is 6.54 Å². The highest BCUT2D eigenvalue weighted by molar-refractivity contribution is 7.14. The van der Waals surface area contributed by atoms with Gasteiger partial charge in [0.2, 0.25) is 0 Å². The van der Waals surface area contributed by atoms with Gasteiger partial charge in [-0.25, -0.2) is 0 Å². The number of piperidine rings is 1. The zero-order valence-electron chi connectivity index (χ0n) is 12.0. The highest BCUT2D eigenvalue weighted by atomic mass is 32.1. The molecular formula is C16H22N2OS. The van der Waals surface area contributed by atoms with Gasteiger partial charge in [0.05, 0.1) is 16.3 Å². The van der Waals surface area contributed by atoms with Crippen molar-refractivity contribution in [1.82, 2.24) is 4.90 Å². The summed E-state index contributed by atoms with van der Waals surface area (Å²) in [6.45, 7) is 4.37. The predicted molar refractivity (Wildman–Crippen MR) is 83.8 cm³/mol. The molecule has 0 radical (unpaired) electrons. The molecule has 0 spiro atoms. The Hall–Kier alpha value is -1.31. The number of hydrogen-bond donors (Lipinski definition) is 1. The molecule has 20 heavy (non-hydrogen) atoms. The van der Waals surface area contributed by atoms with Crippen LogP contribution in [0.1, 0.15) is 47.2 Å². The number of hydrogen-bond acceptors (Lipinski definition) is 3. The highest BCUT2D eigenvalue weighted by Crippen LogP contribution is 2.24. The Morgan fingerprint density at radius 1 is 1.45 bits per heavy atom. The van der Waals surface area contributed by atoms with Gasteiger partial charge < -0.3 is 10.6 Å². The van der Waals surface area contributed by atoms with Gasteiger partial charge in [0.25, 0.3) is 5.91 Å². The van der Waals surface area contributed by atoms with Crippen LogP contribution in [0.5, 0.6) is 0 Å². The van der Waals surface area contributed by atoms with Crippen LogP contribution in [0.3, 0.4) is 0 Å². The normalized spacial score (nSPS) is 15.8. The van der Waals surface area contributed by atoms with Crippen LogP contribution in [0.2, 0.25) is 0 Å². The van der Waals surface area contributed by atoms with Crippen LogP contribution in [-0.4, -0.2) is 30.4 Å². The minimum Gasteiger partial charge on any atom is -0.338 e. The summed E-state index contributed by atoms with van der Waals surface area (Å²) in [6.07, 6.45) is 4.82. The molecule has 2 heterocycles. The number of nitrogens with two attached hydrogens (primary N) is 1. The molecule has 1 aromatic heterocycles. The molecule has 1 aromatic rings. The molecule has 0 atom stereocenters. The van der Waals surface area contributed by atoms with Crippen molar-refractivity contribution in [3.63, 3.8) is 0 Å². The van der Waals surface area contributed by atoms with Gasteiger partial charge in [0.1, 0.15) is 0 Å². The molecule has 108 valence electrons. The Balaban J connectivity index is 1.93. The van der Waals surface area contributed by atoms with Crippen molar-refractivity contribution in [2.75, 3.05) is 19.6 Å². The Kier molecular flexibility index (Phi) is 5.63. The van der Waals surface area contributed by atoms with E-state index in [1.807, 2.05) is 17.0 Å². The third kappa shape index (κ3) is 3.84. The monoisotopic (exact) mass is 290 g/mol. The quantitative estimate of drug-likeness (QED) is 0.870. The third-order valence-corrected chi connectivity index (χ3v) is 4.72. The maximum Gasteiger partial charge on any atom is 0.263 e. The van der Waals surface area contributed by atoms with Crippen LogP contribution in [0, 0.1) is 17.8 Å². The summed E-state index contributed by atoms with van der Waals surface area (Å²) < 4.78 is 0. The SMILES string of the molecule is CCCC1CCN(C(=O)c2ccc(C#CCN)s2)CC1. The average Bonchev–Trinajstić information content (AvgIpc) is 2.94. The third-order valence-electron chi connectivity index (χ3n) is 3.73. The summed E-state index contributed by atoms with van der Waals surface area (Å²) in [5, 5.41) is 0. The first-order valence-electron chi connectivity index (χ1n) is 7.32. The van der Waals surface area contributed by atoms with Gasteiger partial charge in [-0.15, -0.1) is 11.3 Å². The van der Waals surface area contributed by atoms with Crippen LogP contribution >= 0.6 is 11.3 Å². The number of carbonyl (C=O) groups excluding carboxylic acids is 1. The minimum absolute atomic E-state index is 0.158. The molecule has 1 amide bonds. The second kappa shape index (κ2) is 7.47. The van der Waals surface area contributed by atoms with E-state index >= 15 is 0 Å². The van der Waals surface area contributed by atoms with Gasteiger partial charge in [0, 0.05) is 13.1 Å². The predicted octanol–water partition coefficient (Wildman–Crippen LogP) is 2.71. The summed E-state index contributed by atoms with van der Waals surface area (Å²) >= 11 is 1.47. The molecule has 2 rings (SSSR count). The van der Waals surface area contributed by atoms with Crippen LogP contribution in [0.15, 0.2) is 12.1 Å². The van der Waals surface area contributed by atoms with E-state index < -0.39 is 0 Å². The lowest BCUT2D eigenvalue weighted by Crippen LogP contribution is -2.38. The molecule has 1 fully saturated rings. The minimum atomic E-state index is 0.158. The Bertz CT molecular complexity index is 504. The number of thiophene rings is 1. The van der Waals surface area contributed by atoms with Crippen molar-refractivity contribution >= 4 is 17.2 Å². The van der Waals surface area contributed by atoms with E-state index in [4.69, 9.17) is 5.73 Å². The Labute approximate surface area is 125 Å². The molecule has 1 aliphatic heterocycles. The summed E-state index contributed by atoms with van der Waals surface area (Å²) in [4.78, 5) is 16.1. The smallest absolute Gasteiger partial charge is 0.263 e. The van der Waals surface area contributed by atoms with Crippen molar-refractivity contribution in [3.05, 3.63) is 21.9 Å². The standard InChI is InChI=1S/C16H22N2OS/c1-2-4-13-8-11-18(12-9-13)16(19)15-7-6-14(20-15)5-3-10-17/h6-7,13H,2,4,8-12,17H2,1H3. The molecule has 1 aliphatic rings. The molecule has 0 bridgehead atoms. The zero-order valence-corrected chi connectivity index (χ0v) is 12.8. The highest BCUT2D eigenvalue weighted by Gasteiger charge is 2.23. The fourth-order valence-corrected chi connectivity index (χ4v) is 3.50. The van der Waals surface area contributed by atoms with E-state index in [1.54, 1.807) is 0 Å². The molecule has 2 N–H and O–H groups in total. The van der Waals surface area contributed by atoms with E-state index in [1.165, 1.54) is 24.2 Å². The van der Waals surface area contributed by atoms with Crippen LogP contribution in [0.4, 0.5) is 0 Å². The van der Waals surface area contributed by atoms with E-state index in [2.05, 4.69) is 18.8 Å². The fourth-order valence-electron chi connectivity index (χ4n) is 2.65. The van der Waals surface area contributed by atoms with Crippen molar-refractivity contribution in [1.29, 1.82) is 0 Å². The van der Waals surface area contributed by atoms with E-state index in [9.17, 15) is 4.79 Å². The van der Waals surface area contributed by atoms with Crippen LogP contribution in [0.25, 0.3) is 0 Å². The largest absolute Gasteiger partial charge is 0.338 e. The van der Waals surface area contributed by atoms with Gasteiger partial charge in [0.15, 0.2) is 0 Å². The van der Waals surface area contributed by atoms with E-state index in [0.717, 1.165) is 41.6 Å². The lowest BCUT2D eigenvalue weighted by Gasteiger charge is -2.31. The van der Waals surface area contributed by atoms with Gasteiger partial charge in [-0.3, -0.25) is 4.79 Å². The summed E-state index contributed by atoms with van der Waals surface area (Å²) in [6, 6.07) is 3.79. The molecule has 0 aromatic carbocycles. The second-order valence-corrected chi connectivity index (χ2v) is 6.28. The summed E-state index contributed by atoms with van der Waals surface area (Å²) in [7, 11) is 0. The number of amides is 1. The first-order chi connectivity index (χ1) is 9.74. The van der Waals surface area contributed by atoms with Crippen molar-refractivity contribution in [3.8, 4) is 11.8 Å². The van der Waals surface area contributed by atoms with Crippen molar-refractivity contribution in [2.45, 2.75) is 32.6 Å². The molecule has 0 aliphatic carbocycles. The number of rotatable bonds is 3. The van der Waals surface area contributed by atoms with Gasteiger partial charge in [-0.2, -0.15) is 0 Å². The molecular weight excluding hydrogens is 268 g/mol. The lowest BCUT2D eigenvalue weighted by molar-refractivity contribution is 0.0691. The molecule has 0 saturated carbocycles. The Morgan fingerprint density at radius 2 is 2.20 bits per heavy atom. The van der Waals surface area contributed by atoms with Gasteiger partial charge in [-0.05, 0) is 30.9 Å². The molecule has 0 unspecified atom stereocenters. The van der Waals surface area contributed by atoms with Gasteiger partial charge >= 0.3 is 0 Å². The zero-order chi connectivity index (χ0) is 14.4. The fraction of sp³-hybridized carbons (Fsp3) is 0.562. The number of carbonyl (C=O) groups is 1. The van der Waals surface area contributed by atoms with Gasteiger partial charge in [-0.1, -0.05) is 31.6 Å². The summed E-state index contributed by atoms with van der Waals surface area (Å²) in [5.74, 6) is 6.76. The maximum atomic E-state index is 12.4. The first kappa shape index (κ1) is 15.1. The topological polar surface area (TPSA) is 46.3 Å². The molecule has 4 heteroatoms. The van der Waals surface area contributed by atoms with Crippen molar-refractivity contribution in [2.24, 2.45) is 11.7 Å². The molecule has 1 saturated heterocycles.